The van der Waals surface area contributed by atoms with E-state index in [2.05, 4.69) is 13.8 Å². The second-order valence-electron chi connectivity index (χ2n) is 6.04. The molecule has 0 aromatic heterocycles. The summed E-state index contributed by atoms with van der Waals surface area (Å²) < 4.78 is 31.6. The molecule has 22 heavy (non-hydrogen) atoms. The van der Waals surface area contributed by atoms with Gasteiger partial charge in [0.1, 0.15) is 0 Å². The van der Waals surface area contributed by atoms with Gasteiger partial charge in [0.05, 0.1) is 0 Å². The standard InChI is InChI=1S/C16H34O.H2O4S/c1-3-4-5-10-13-16(2)14-11-8-6-7-9-12-15-17;1-5(2,3)4/h16-17H,3-15H2,1-2H3;(H2,1,2,3,4). The maximum Gasteiger partial charge on any atom is 0.394 e. The fourth-order valence-electron chi connectivity index (χ4n) is 2.38. The number of aliphatic hydroxyl groups is 1. The monoisotopic (exact) mass is 340 g/mol. The minimum Gasteiger partial charge on any atom is -0.396 e. The van der Waals surface area contributed by atoms with Crippen molar-refractivity contribution in [1.82, 2.24) is 0 Å². The van der Waals surface area contributed by atoms with Crippen molar-refractivity contribution in [2.45, 2.75) is 90.9 Å². The molecule has 3 N–H and O–H groups in total. The summed E-state index contributed by atoms with van der Waals surface area (Å²) >= 11 is 0. The minimum atomic E-state index is -4.67. The van der Waals surface area contributed by atoms with E-state index in [1.165, 1.54) is 70.6 Å². The first-order valence-electron chi connectivity index (χ1n) is 8.62. The van der Waals surface area contributed by atoms with Crippen molar-refractivity contribution in [2.24, 2.45) is 5.92 Å². The molecular weight excluding hydrogens is 304 g/mol. The third-order valence-corrected chi connectivity index (χ3v) is 3.66. The molecular formula is C16H36O5S. The molecule has 0 spiro atoms. The van der Waals surface area contributed by atoms with Crippen LogP contribution in [0.4, 0.5) is 0 Å². The zero-order valence-corrected chi connectivity index (χ0v) is 15.2. The molecule has 0 aromatic carbocycles. The van der Waals surface area contributed by atoms with E-state index in [4.69, 9.17) is 22.6 Å². The normalized spacial score (nSPS) is 12.6. The van der Waals surface area contributed by atoms with Crippen LogP contribution in [0.15, 0.2) is 0 Å². The lowest BCUT2D eigenvalue weighted by atomic mass is 9.96. The highest BCUT2D eigenvalue weighted by Crippen LogP contribution is 2.17. The van der Waals surface area contributed by atoms with Crippen LogP contribution < -0.4 is 0 Å². The summed E-state index contributed by atoms with van der Waals surface area (Å²) in [6.45, 7) is 5.06. The van der Waals surface area contributed by atoms with Gasteiger partial charge in [-0.2, -0.15) is 8.42 Å². The van der Waals surface area contributed by atoms with Crippen LogP contribution in [0, 0.1) is 5.92 Å². The first-order valence-corrected chi connectivity index (χ1v) is 10.0. The van der Waals surface area contributed by atoms with Crippen LogP contribution in [0.3, 0.4) is 0 Å². The molecule has 0 bridgehead atoms. The number of rotatable bonds is 13. The molecule has 136 valence electrons. The maximum atomic E-state index is 8.74. The van der Waals surface area contributed by atoms with Gasteiger partial charge in [0.25, 0.3) is 0 Å². The van der Waals surface area contributed by atoms with Gasteiger partial charge in [-0.3, -0.25) is 9.11 Å². The van der Waals surface area contributed by atoms with Gasteiger partial charge in [-0.25, -0.2) is 0 Å². The average Bonchev–Trinajstić information content (AvgIpc) is 2.41. The Hall–Kier alpha value is -0.170. The van der Waals surface area contributed by atoms with E-state index in [9.17, 15) is 0 Å². The summed E-state index contributed by atoms with van der Waals surface area (Å²) in [5.41, 5.74) is 0. The van der Waals surface area contributed by atoms with Gasteiger partial charge < -0.3 is 5.11 Å². The van der Waals surface area contributed by atoms with Crippen molar-refractivity contribution in [3.8, 4) is 0 Å². The summed E-state index contributed by atoms with van der Waals surface area (Å²) in [4.78, 5) is 0. The molecule has 0 saturated carbocycles. The molecule has 1 atom stereocenters. The van der Waals surface area contributed by atoms with Crippen LogP contribution in [0.2, 0.25) is 0 Å². The Labute approximate surface area is 137 Å². The Balaban J connectivity index is 0. The van der Waals surface area contributed by atoms with Gasteiger partial charge in [-0.15, -0.1) is 0 Å². The third kappa shape index (κ3) is 32.0. The fraction of sp³-hybridized carbons (Fsp3) is 1.00. The fourth-order valence-corrected chi connectivity index (χ4v) is 2.38. The smallest absolute Gasteiger partial charge is 0.394 e. The highest BCUT2D eigenvalue weighted by molar-refractivity contribution is 7.79. The molecule has 0 aliphatic rings. The van der Waals surface area contributed by atoms with Crippen LogP contribution >= 0.6 is 0 Å². The molecule has 0 radical (unpaired) electrons. The van der Waals surface area contributed by atoms with Crippen molar-refractivity contribution in [2.75, 3.05) is 6.61 Å². The van der Waals surface area contributed by atoms with E-state index in [1.54, 1.807) is 0 Å². The Morgan fingerprint density at radius 1 is 0.773 bits per heavy atom. The van der Waals surface area contributed by atoms with Crippen LogP contribution in [0.1, 0.15) is 90.9 Å². The SMILES string of the molecule is CCCCCCC(C)CCCCCCCCO.O=S(=O)(O)O. The summed E-state index contributed by atoms with van der Waals surface area (Å²) in [5, 5.41) is 8.66. The number of unbranched alkanes of at least 4 members (excludes halogenated alkanes) is 8. The van der Waals surface area contributed by atoms with E-state index >= 15 is 0 Å². The van der Waals surface area contributed by atoms with Crippen molar-refractivity contribution >= 4 is 10.4 Å². The topological polar surface area (TPSA) is 94.8 Å². The summed E-state index contributed by atoms with van der Waals surface area (Å²) in [6, 6.07) is 0. The van der Waals surface area contributed by atoms with E-state index in [1.807, 2.05) is 0 Å². The first-order chi connectivity index (χ1) is 10.3. The Morgan fingerprint density at radius 3 is 1.55 bits per heavy atom. The molecule has 0 saturated heterocycles. The zero-order valence-electron chi connectivity index (χ0n) is 14.3. The number of hydrogen-bond donors (Lipinski definition) is 3. The Morgan fingerprint density at radius 2 is 1.14 bits per heavy atom. The molecule has 5 nitrogen and oxygen atoms in total. The Bertz CT molecular complexity index is 296. The minimum absolute atomic E-state index is 0.370. The highest BCUT2D eigenvalue weighted by atomic mass is 32.3. The van der Waals surface area contributed by atoms with Gasteiger partial charge in [-0.1, -0.05) is 84.5 Å². The van der Waals surface area contributed by atoms with Crippen LogP contribution in [0.25, 0.3) is 0 Å². The van der Waals surface area contributed by atoms with Crippen LogP contribution in [0.5, 0.6) is 0 Å². The predicted octanol–water partition coefficient (Wildman–Crippen LogP) is 4.66. The molecule has 6 heteroatoms. The van der Waals surface area contributed by atoms with Gasteiger partial charge in [-0.05, 0) is 12.3 Å². The summed E-state index contributed by atoms with van der Waals surface area (Å²) in [7, 11) is -4.67. The van der Waals surface area contributed by atoms with E-state index < -0.39 is 10.4 Å². The molecule has 0 aliphatic heterocycles. The molecule has 0 amide bonds. The van der Waals surface area contributed by atoms with Crippen LogP contribution in [-0.2, 0) is 10.4 Å². The van der Waals surface area contributed by atoms with E-state index in [0.29, 0.717) is 6.61 Å². The largest absolute Gasteiger partial charge is 0.396 e. The van der Waals surface area contributed by atoms with E-state index in [0.717, 1.165) is 12.3 Å². The number of aliphatic hydroxyl groups excluding tert-OH is 1. The van der Waals surface area contributed by atoms with Gasteiger partial charge in [0, 0.05) is 6.61 Å². The predicted molar refractivity (Wildman–Crippen MR) is 91.5 cm³/mol. The highest BCUT2D eigenvalue weighted by Gasteiger charge is 2.01. The van der Waals surface area contributed by atoms with Gasteiger partial charge in [0.2, 0.25) is 0 Å². The quantitative estimate of drug-likeness (QED) is 0.335. The van der Waals surface area contributed by atoms with Crippen LogP contribution in [-0.4, -0.2) is 29.2 Å². The van der Waals surface area contributed by atoms with Crippen molar-refractivity contribution in [3.63, 3.8) is 0 Å². The molecule has 0 fully saturated rings. The summed E-state index contributed by atoms with van der Waals surface area (Å²) in [6.07, 6.45) is 16.2. The van der Waals surface area contributed by atoms with Crippen molar-refractivity contribution in [1.29, 1.82) is 0 Å². The second kappa shape index (κ2) is 17.2. The van der Waals surface area contributed by atoms with Crippen molar-refractivity contribution < 1.29 is 22.6 Å². The zero-order chi connectivity index (χ0) is 17.3. The van der Waals surface area contributed by atoms with E-state index in [-0.39, 0.29) is 0 Å². The molecule has 0 rings (SSSR count). The second-order valence-corrected chi connectivity index (χ2v) is 6.93. The molecule has 0 aromatic rings. The summed E-state index contributed by atoms with van der Waals surface area (Å²) in [5.74, 6) is 0.935. The first kappa shape index (κ1) is 24.1. The van der Waals surface area contributed by atoms with Gasteiger partial charge >= 0.3 is 10.4 Å². The lowest BCUT2D eigenvalue weighted by Crippen LogP contribution is -1.95. The molecule has 1 unspecified atom stereocenters. The molecule has 0 heterocycles. The van der Waals surface area contributed by atoms with Gasteiger partial charge in [0.15, 0.2) is 0 Å². The Kier molecular flexibility index (Phi) is 18.8. The van der Waals surface area contributed by atoms with Crippen molar-refractivity contribution in [3.05, 3.63) is 0 Å². The third-order valence-electron chi connectivity index (χ3n) is 3.66. The lowest BCUT2D eigenvalue weighted by Gasteiger charge is -2.10. The average molecular weight is 341 g/mol. The number of hydrogen-bond acceptors (Lipinski definition) is 3. The molecule has 0 aliphatic carbocycles. The maximum absolute atomic E-state index is 8.74. The lowest BCUT2D eigenvalue weighted by molar-refractivity contribution is 0.282.